The standard InChI is InChI=1S/C60H98NO8P/c1-6-8-10-12-14-16-18-20-22-24-26-27-28-29-30-31-32-33-35-37-39-41-43-45-47-49-51-53-60(63)69-58(57-68-70(64,65)67-55-54-61(3,4)5)56-66-59(62)52-50-48-46-44-42-40-38-36-34-25-23-21-19-17-15-13-11-9-7-2/h8-11,14-17,20-23,26-27,29-30,32-34,36,40,42,58H,6-7,12-13,18-19,24-25,28,31,35,37-39,41,43-57H2,1-5H3/b10-8-,11-9-,16-14-,17-15-,22-20-,23-21-,27-26-,30-29-,33-32-,36-34-,42-40-. The molecular weight excluding hydrogens is 894 g/mol. The summed E-state index contributed by atoms with van der Waals surface area (Å²) in [4.78, 5) is 37.8. The van der Waals surface area contributed by atoms with Crippen LogP contribution in [0.5, 0.6) is 0 Å². The number of carbonyl (C=O) groups is 2. The molecule has 0 amide bonds. The highest BCUT2D eigenvalue weighted by Crippen LogP contribution is 2.38. The van der Waals surface area contributed by atoms with Crippen LogP contribution in [0.1, 0.15) is 181 Å². The van der Waals surface area contributed by atoms with E-state index in [1.807, 2.05) is 21.1 Å². The average Bonchev–Trinajstić information content (AvgIpc) is 3.32. The molecule has 0 aliphatic heterocycles. The molecule has 2 atom stereocenters. The summed E-state index contributed by atoms with van der Waals surface area (Å²) in [6, 6.07) is 0. The Bertz CT molecular complexity index is 1640. The van der Waals surface area contributed by atoms with Gasteiger partial charge in [-0.1, -0.05) is 192 Å². The van der Waals surface area contributed by atoms with Gasteiger partial charge < -0.3 is 27.9 Å². The van der Waals surface area contributed by atoms with Crippen LogP contribution in [0.25, 0.3) is 0 Å². The maximum atomic E-state index is 12.8. The molecule has 0 aromatic heterocycles. The van der Waals surface area contributed by atoms with E-state index in [0.717, 1.165) is 116 Å². The second-order valence-corrected chi connectivity index (χ2v) is 19.9. The minimum atomic E-state index is -4.65. The van der Waals surface area contributed by atoms with E-state index in [1.165, 1.54) is 25.7 Å². The number of rotatable bonds is 47. The summed E-state index contributed by atoms with van der Waals surface area (Å²) in [5.74, 6) is -0.894. The van der Waals surface area contributed by atoms with Gasteiger partial charge in [-0.3, -0.25) is 14.2 Å². The van der Waals surface area contributed by atoms with Crippen LogP contribution in [0.2, 0.25) is 0 Å². The quantitative estimate of drug-likeness (QED) is 0.0195. The fourth-order valence-corrected chi connectivity index (χ4v) is 7.29. The van der Waals surface area contributed by atoms with Gasteiger partial charge in [0.05, 0.1) is 27.7 Å². The maximum absolute atomic E-state index is 12.8. The highest BCUT2D eigenvalue weighted by Gasteiger charge is 2.21. The molecule has 0 saturated carbocycles. The Balaban J connectivity index is 4.32. The Labute approximate surface area is 428 Å². The zero-order valence-electron chi connectivity index (χ0n) is 44.7. The average molecular weight is 992 g/mol. The fraction of sp³-hybridized carbons (Fsp3) is 0.600. The van der Waals surface area contributed by atoms with Crippen molar-refractivity contribution in [3.63, 3.8) is 0 Å². The maximum Gasteiger partial charge on any atom is 0.306 e. The third kappa shape index (κ3) is 53.5. The van der Waals surface area contributed by atoms with Crippen LogP contribution in [0, 0.1) is 0 Å². The van der Waals surface area contributed by atoms with Crippen LogP contribution in [-0.2, 0) is 32.7 Å². The zero-order valence-corrected chi connectivity index (χ0v) is 45.5. The number of likely N-dealkylation sites (N-methyl/N-ethyl adjacent to an activating group) is 1. The van der Waals surface area contributed by atoms with Crippen molar-refractivity contribution in [3.8, 4) is 0 Å². The summed E-state index contributed by atoms with van der Waals surface area (Å²) >= 11 is 0. The van der Waals surface area contributed by atoms with Gasteiger partial charge in [-0.05, 0) is 109 Å². The summed E-state index contributed by atoms with van der Waals surface area (Å²) in [5, 5.41) is 0. The van der Waals surface area contributed by atoms with Crippen molar-refractivity contribution in [2.75, 3.05) is 47.5 Å². The largest absolute Gasteiger partial charge is 0.756 e. The second kappa shape index (κ2) is 50.1. The Kier molecular flexibility index (Phi) is 47.3. The number of unbranched alkanes of at least 4 members (excludes halogenated alkanes) is 11. The first-order valence-corrected chi connectivity index (χ1v) is 28.4. The molecule has 0 heterocycles. The summed E-state index contributed by atoms with van der Waals surface area (Å²) in [7, 11) is 1.12. The SMILES string of the molecule is CC/C=C\C/C=C\C/C=C\C/C=C\C/C=C\C/C=C\CCCCCCCCCCC(=O)OC(COC(=O)CCCCC/C=C\C/C=C\C/C=C\C/C=C\C/C=C\CC)COP(=O)([O-])OCC[N+](C)(C)C. The van der Waals surface area contributed by atoms with E-state index in [-0.39, 0.29) is 26.1 Å². The molecule has 396 valence electrons. The van der Waals surface area contributed by atoms with Crippen molar-refractivity contribution in [2.45, 2.75) is 187 Å². The summed E-state index contributed by atoms with van der Waals surface area (Å²) in [6.07, 6.45) is 72.0. The molecule has 10 heteroatoms. The first-order valence-electron chi connectivity index (χ1n) is 26.9. The summed E-state index contributed by atoms with van der Waals surface area (Å²) in [6.45, 7) is 3.93. The van der Waals surface area contributed by atoms with Crippen molar-refractivity contribution >= 4 is 19.8 Å². The lowest BCUT2D eigenvalue weighted by atomic mass is 10.1. The van der Waals surface area contributed by atoms with E-state index in [9.17, 15) is 19.0 Å². The molecule has 0 aliphatic rings. The number of allylic oxidation sites excluding steroid dienone is 22. The molecule has 0 rings (SSSR count). The van der Waals surface area contributed by atoms with Crippen molar-refractivity contribution in [1.29, 1.82) is 0 Å². The van der Waals surface area contributed by atoms with Crippen molar-refractivity contribution < 1.29 is 42.1 Å². The predicted octanol–water partition coefficient (Wildman–Crippen LogP) is 15.9. The summed E-state index contributed by atoms with van der Waals surface area (Å²) < 4.78 is 34.0. The van der Waals surface area contributed by atoms with Crippen LogP contribution in [-0.4, -0.2) is 70.0 Å². The smallest absolute Gasteiger partial charge is 0.306 e. The molecule has 0 aliphatic carbocycles. The van der Waals surface area contributed by atoms with E-state index in [4.69, 9.17) is 18.5 Å². The van der Waals surface area contributed by atoms with E-state index in [1.54, 1.807) is 0 Å². The lowest BCUT2D eigenvalue weighted by Crippen LogP contribution is -2.37. The number of phosphoric acid groups is 1. The number of quaternary nitrogens is 1. The molecule has 0 spiro atoms. The molecule has 70 heavy (non-hydrogen) atoms. The second-order valence-electron chi connectivity index (χ2n) is 18.5. The summed E-state index contributed by atoms with van der Waals surface area (Å²) in [5.41, 5.74) is 0. The molecule has 0 N–H and O–H groups in total. The van der Waals surface area contributed by atoms with E-state index < -0.39 is 32.5 Å². The van der Waals surface area contributed by atoms with Gasteiger partial charge in [0, 0.05) is 12.8 Å². The van der Waals surface area contributed by atoms with Crippen molar-refractivity contribution in [3.05, 3.63) is 134 Å². The van der Waals surface area contributed by atoms with Gasteiger partial charge in [0.25, 0.3) is 7.82 Å². The molecule has 9 nitrogen and oxygen atoms in total. The Morgan fingerprint density at radius 2 is 0.771 bits per heavy atom. The highest BCUT2D eigenvalue weighted by atomic mass is 31.2. The van der Waals surface area contributed by atoms with Gasteiger partial charge in [-0.25, -0.2) is 0 Å². The molecule has 0 aromatic rings. The number of hydrogen-bond donors (Lipinski definition) is 0. The number of phosphoric ester groups is 1. The third-order valence-electron chi connectivity index (χ3n) is 10.7. The topological polar surface area (TPSA) is 111 Å². The number of esters is 2. The Morgan fingerprint density at radius 1 is 0.443 bits per heavy atom. The molecule has 0 fully saturated rings. The van der Waals surface area contributed by atoms with Crippen LogP contribution in [0.4, 0.5) is 0 Å². The number of carbonyl (C=O) groups excluding carboxylic acids is 2. The lowest BCUT2D eigenvalue weighted by molar-refractivity contribution is -0.870. The molecule has 0 bridgehead atoms. The lowest BCUT2D eigenvalue weighted by Gasteiger charge is -2.28. The number of nitrogens with zero attached hydrogens (tertiary/aromatic N) is 1. The Hall–Kier alpha value is -3.85. The van der Waals surface area contributed by atoms with Gasteiger partial charge in [-0.15, -0.1) is 0 Å². The van der Waals surface area contributed by atoms with Gasteiger partial charge in [0.2, 0.25) is 0 Å². The molecule has 2 unspecified atom stereocenters. The predicted molar refractivity (Wildman–Crippen MR) is 295 cm³/mol. The number of hydrogen-bond acceptors (Lipinski definition) is 8. The Morgan fingerprint density at radius 3 is 1.16 bits per heavy atom. The fourth-order valence-electron chi connectivity index (χ4n) is 6.57. The van der Waals surface area contributed by atoms with E-state index in [2.05, 4.69) is 148 Å². The minimum Gasteiger partial charge on any atom is -0.756 e. The normalized spacial score (nSPS) is 14.4. The third-order valence-corrected chi connectivity index (χ3v) is 11.6. The molecule has 0 radical (unpaired) electrons. The van der Waals surface area contributed by atoms with Gasteiger partial charge in [0.15, 0.2) is 6.10 Å². The molecule has 0 aromatic carbocycles. The molecular formula is C60H98NO8P. The van der Waals surface area contributed by atoms with E-state index >= 15 is 0 Å². The first kappa shape index (κ1) is 66.2. The van der Waals surface area contributed by atoms with Crippen molar-refractivity contribution in [1.82, 2.24) is 0 Å². The van der Waals surface area contributed by atoms with Crippen molar-refractivity contribution in [2.24, 2.45) is 0 Å². The van der Waals surface area contributed by atoms with Crippen LogP contribution < -0.4 is 4.89 Å². The first-order chi connectivity index (χ1) is 34.0. The van der Waals surface area contributed by atoms with Crippen LogP contribution in [0.15, 0.2) is 134 Å². The highest BCUT2D eigenvalue weighted by molar-refractivity contribution is 7.45. The van der Waals surface area contributed by atoms with E-state index in [0.29, 0.717) is 23.9 Å². The van der Waals surface area contributed by atoms with Crippen LogP contribution in [0.3, 0.4) is 0 Å². The van der Waals surface area contributed by atoms with Gasteiger partial charge in [0.1, 0.15) is 19.8 Å². The molecule has 0 saturated heterocycles. The minimum absolute atomic E-state index is 0.0465. The van der Waals surface area contributed by atoms with Crippen LogP contribution >= 0.6 is 7.82 Å². The monoisotopic (exact) mass is 992 g/mol. The zero-order chi connectivity index (χ0) is 51.3. The van der Waals surface area contributed by atoms with Gasteiger partial charge in [-0.2, -0.15) is 0 Å². The van der Waals surface area contributed by atoms with Gasteiger partial charge >= 0.3 is 11.9 Å². The number of ether oxygens (including phenoxy) is 2.